The summed E-state index contributed by atoms with van der Waals surface area (Å²) in [6.07, 6.45) is 4.75. The molecule has 1 unspecified atom stereocenters. The van der Waals surface area contributed by atoms with E-state index < -0.39 is 0 Å². The fraction of sp³-hybridized carbons (Fsp3) is 0.333. The molecule has 1 fully saturated rings. The van der Waals surface area contributed by atoms with Gasteiger partial charge in [0.15, 0.2) is 0 Å². The van der Waals surface area contributed by atoms with E-state index in [1.54, 1.807) is 30.2 Å². The minimum absolute atomic E-state index is 0.0144. The van der Waals surface area contributed by atoms with Gasteiger partial charge in [0, 0.05) is 42.2 Å². The Morgan fingerprint density at radius 3 is 2.40 bits per heavy atom. The predicted octanol–water partition coefficient (Wildman–Crippen LogP) is 5.46. The van der Waals surface area contributed by atoms with E-state index in [4.69, 9.17) is 23.2 Å². The number of benzene rings is 2. The smallest absolute Gasteiger partial charge is 0.246 e. The lowest BCUT2D eigenvalue weighted by atomic mass is 9.94. The molecule has 0 aromatic heterocycles. The second-order valence-corrected chi connectivity index (χ2v) is 8.48. The van der Waals surface area contributed by atoms with Gasteiger partial charge in [0.2, 0.25) is 11.8 Å². The molecule has 3 rings (SSSR count). The van der Waals surface area contributed by atoms with E-state index in [9.17, 15) is 9.59 Å². The van der Waals surface area contributed by atoms with Crippen LogP contribution in [0, 0.1) is 5.92 Å². The molecule has 6 heteroatoms. The van der Waals surface area contributed by atoms with Crippen LogP contribution in [-0.2, 0) is 9.59 Å². The lowest BCUT2D eigenvalue weighted by Crippen LogP contribution is -2.43. The zero-order chi connectivity index (χ0) is 21.7. The standard InChI is InChI=1S/C24H26Cl2N2O2/c1-17(21-10-9-20(25)16-22(21)26)27(2)24(30)19-12-14-28(15-13-19)23(29)11-8-18-6-4-3-5-7-18/h3-11,16-17,19H,12-15H2,1-2H3/b11-8+. The molecule has 0 radical (unpaired) electrons. The van der Waals surface area contributed by atoms with Gasteiger partial charge < -0.3 is 9.80 Å². The van der Waals surface area contributed by atoms with Crippen LogP contribution in [0.15, 0.2) is 54.6 Å². The Morgan fingerprint density at radius 1 is 1.10 bits per heavy atom. The van der Waals surface area contributed by atoms with Crippen LogP contribution in [0.4, 0.5) is 0 Å². The number of rotatable bonds is 5. The fourth-order valence-electron chi connectivity index (χ4n) is 3.71. The summed E-state index contributed by atoms with van der Waals surface area (Å²) in [7, 11) is 1.80. The minimum atomic E-state index is -0.157. The molecule has 1 atom stereocenters. The number of nitrogens with zero attached hydrogens (tertiary/aromatic N) is 2. The Morgan fingerprint density at radius 2 is 1.77 bits per heavy atom. The maximum Gasteiger partial charge on any atom is 0.246 e. The Bertz CT molecular complexity index is 922. The van der Waals surface area contributed by atoms with Gasteiger partial charge >= 0.3 is 0 Å². The third-order valence-electron chi connectivity index (χ3n) is 5.71. The van der Waals surface area contributed by atoms with Crippen LogP contribution >= 0.6 is 23.2 Å². The van der Waals surface area contributed by atoms with Crippen LogP contribution < -0.4 is 0 Å². The predicted molar refractivity (Wildman–Crippen MR) is 122 cm³/mol. The van der Waals surface area contributed by atoms with Crippen molar-refractivity contribution >= 4 is 41.1 Å². The molecule has 158 valence electrons. The molecule has 1 saturated heterocycles. The van der Waals surface area contributed by atoms with Crippen molar-refractivity contribution < 1.29 is 9.59 Å². The van der Waals surface area contributed by atoms with Crippen molar-refractivity contribution in [3.63, 3.8) is 0 Å². The molecule has 0 spiro atoms. The summed E-state index contributed by atoms with van der Waals surface area (Å²) in [5.41, 5.74) is 1.86. The molecule has 0 saturated carbocycles. The summed E-state index contributed by atoms with van der Waals surface area (Å²) in [6, 6.07) is 14.9. The Balaban J connectivity index is 1.55. The average Bonchev–Trinajstić information content (AvgIpc) is 2.77. The number of halogens is 2. The summed E-state index contributed by atoms with van der Waals surface area (Å²) in [5.74, 6) is -0.0226. The van der Waals surface area contributed by atoms with Gasteiger partial charge in [-0.05, 0) is 49.1 Å². The number of likely N-dealkylation sites (tertiary alicyclic amines) is 1. The molecule has 1 heterocycles. The van der Waals surface area contributed by atoms with Crippen LogP contribution in [-0.4, -0.2) is 41.8 Å². The van der Waals surface area contributed by atoms with E-state index >= 15 is 0 Å². The van der Waals surface area contributed by atoms with E-state index in [1.165, 1.54) is 0 Å². The number of carbonyl (C=O) groups excluding carboxylic acids is 2. The molecule has 2 amide bonds. The van der Waals surface area contributed by atoms with Gasteiger partial charge in [0.05, 0.1) is 6.04 Å². The van der Waals surface area contributed by atoms with E-state index in [0.717, 1.165) is 11.1 Å². The van der Waals surface area contributed by atoms with E-state index in [-0.39, 0.29) is 23.8 Å². The normalized spacial score (nSPS) is 15.9. The van der Waals surface area contributed by atoms with E-state index in [2.05, 4.69) is 0 Å². The molecule has 1 aliphatic rings. The molecular formula is C24H26Cl2N2O2. The maximum absolute atomic E-state index is 13.0. The molecule has 0 bridgehead atoms. The molecule has 30 heavy (non-hydrogen) atoms. The molecule has 2 aromatic rings. The van der Waals surface area contributed by atoms with Crippen LogP contribution in [0.2, 0.25) is 10.0 Å². The van der Waals surface area contributed by atoms with Gasteiger partial charge in [-0.15, -0.1) is 0 Å². The van der Waals surface area contributed by atoms with Crippen LogP contribution in [0.1, 0.15) is 36.9 Å². The first-order chi connectivity index (χ1) is 14.4. The maximum atomic E-state index is 13.0. The molecule has 4 nitrogen and oxygen atoms in total. The zero-order valence-corrected chi connectivity index (χ0v) is 18.7. The largest absolute Gasteiger partial charge is 0.339 e. The van der Waals surface area contributed by atoms with Crippen molar-refractivity contribution in [3.8, 4) is 0 Å². The first-order valence-electron chi connectivity index (χ1n) is 10.1. The highest BCUT2D eigenvalue weighted by atomic mass is 35.5. The van der Waals surface area contributed by atoms with Gasteiger partial charge in [-0.25, -0.2) is 0 Å². The highest BCUT2D eigenvalue weighted by Crippen LogP contribution is 2.31. The Labute approximate surface area is 188 Å². The second-order valence-electron chi connectivity index (χ2n) is 7.63. The zero-order valence-electron chi connectivity index (χ0n) is 17.2. The highest BCUT2D eigenvalue weighted by Gasteiger charge is 2.30. The van der Waals surface area contributed by atoms with E-state index in [0.29, 0.717) is 36.0 Å². The number of amides is 2. The quantitative estimate of drug-likeness (QED) is 0.573. The second kappa shape index (κ2) is 10.1. The van der Waals surface area contributed by atoms with Gasteiger partial charge in [0.1, 0.15) is 0 Å². The van der Waals surface area contributed by atoms with Gasteiger partial charge in [-0.2, -0.15) is 0 Å². The lowest BCUT2D eigenvalue weighted by molar-refractivity contribution is -0.139. The number of piperidine rings is 1. The van der Waals surface area contributed by atoms with Crippen molar-refractivity contribution in [1.82, 2.24) is 9.80 Å². The van der Waals surface area contributed by atoms with Gasteiger partial charge in [0.25, 0.3) is 0 Å². The summed E-state index contributed by atoms with van der Waals surface area (Å²) in [5, 5.41) is 1.13. The summed E-state index contributed by atoms with van der Waals surface area (Å²) in [6.45, 7) is 3.12. The van der Waals surface area contributed by atoms with Gasteiger partial charge in [-0.3, -0.25) is 9.59 Å². The molecule has 1 aliphatic heterocycles. The van der Waals surface area contributed by atoms with Crippen molar-refractivity contribution in [2.75, 3.05) is 20.1 Å². The van der Waals surface area contributed by atoms with Crippen molar-refractivity contribution in [1.29, 1.82) is 0 Å². The van der Waals surface area contributed by atoms with Crippen LogP contribution in [0.3, 0.4) is 0 Å². The Kier molecular flexibility index (Phi) is 7.57. The van der Waals surface area contributed by atoms with Crippen molar-refractivity contribution in [3.05, 3.63) is 75.8 Å². The van der Waals surface area contributed by atoms with Crippen molar-refractivity contribution in [2.24, 2.45) is 5.92 Å². The topological polar surface area (TPSA) is 40.6 Å². The van der Waals surface area contributed by atoms with Crippen LogP contribution in [0.25, 0.3) is 6.08 Å². The highest BCUT2D eigenvalue weighted by molar-refractivity contribution is 6.35. The van der Waals surface area contributed by atoms with Crippen LogP contribution in [0.5, 0.6) is 0 Å². The minimum Gasteiger partial charge on any atom is -0.339 e. The molecular weight excluding hydrogens is 419 g/mol. The van der Waals surface area contributed by atoms with Gasteiger partial charge in [-0.1, -0.05) is 59.6 Å². The summed E-state index contributed by atoms with van der Waals surface area (Å²) < 4.78 is 0. The number of carbonyl (C=O) groups is 2. The average molecular weight is 445 g/mol. The first-order valence-corrected chi connectivity index (χ1v) is 10.9. The molecule has 2 aromatic carbocycles. The fourth-order valence-corrected chi connectivity index (χ4v) is 4.28. The SMILES string of the molecule is CC(c1ccc(Cl)cc1Cl)N(C)C(=O)C1CCN(C(=O)/C=C/c2ccccc2)CC1. The number of hydrogen-bond acceptors (Lipinski definition) is 2. The third-order valence-corrected chi connectivity index (χ3v) is 6.28. The summed E-state index contributed by atoms with van der Waals surface area (Å²) in [4.78, 5) is 29.0. The first kappa shape index (κ1) is 22.4. The van der Waals surface area contributed by atoms with E-state index in [1.807, 2.05) is 54.3 Å². The Hall–Kier alpha value is -2.30. The number of hydrogen-bond donors (Lipinski definition) is 0. The summed E-state index contributed by atoms with van der Waals surface area (Å²) >= 11 is 12.3. The lowest BCUT2D eigenvalue weighted by Gasteiger charge is -2.35. The molecule has 0 N–H and O–H groups in total. The monoisotopic (exact) mass is 444 g/mol. The molecule has 0 aliphatic carbocycles. The third kappa shape index (κ3) is 5.44. The van der Waals surface area contributed by atoms with Crippen molar-refractivity contribution in [2.45, 2.75) is 25.8 Å².